The standard InChI is InChI=1S/C23H22N6O2/c30-22(26-20-12-14-28(27-20)15-16-5-3-4-13-24-16)11-10-21-25-19-7-2-1-6-18(19)23(31)29(21)17-8-9-17/h1-7,12-14,17H,8-11,15H2,(H,26,27,30). The monoisotopic (exact) mass is 414 g/mol. The van der Waals surface area contributed by atoms with Crippen molar-refractivity contribution in [1.82, 2.24) is 24.3 Å². The van der Waals surface area contributed by atoms with Crippen LogP contribution in [0.2, 0.25) is 0 Å². The fourth-order valence-corrected chi connectivity index (χ4v) is 3.68. The molecule has 0 atom stereocenters. The van der Waals surface area contributed by atoms with Crippen molar-refractivity contribution in [2.75, 3.05) is 5.32 Å². The molecule has 8 heteroatoms. The highest BCUT2D eigenvalue weighted by atomic mass is 16.1. The summed E-state index contributed by atoms with van der Waals surface area (Å²) >= 11 is 0. The van der Waals surface area contributed by atoms with Crippen LogP contribution in [0.25, 0.3) is 10.9 Å². The Morgan fingerprint density at radius 2 is 1.94 bits per heavy atom. The van der Waals surface area contributed by atoms with Gasteiger partial charge in [-0.2, -0.15) is 5.10 Å². The van der Waals surface area contributed by atoms with Crippen LogP contribution in [0.15, 0.2) is 65.7 Å². The van der Waals surface area contributed by atoms with Crippen LogP contribution >= 0.6 is 0 Å². The lowest BCUT2D eigenvalue weighted by atomic mass is 10.2. The van der Waals surface area contributed by atoms with Crippen LogP contribution in [0.3, 0.4) is 0 Å². The molecular formula is C23H22N6O2. The highest BCUT2D eigenvalue weighted by Crippen LogP contribution is 2.34. The van der Waals surface area contributed by atoms with Crippen molar-refractivity contribution in [3.05, 3.63) is 82.8 Å². The maximum absolute atomic E-state index is 12.9. The van der Waals surface area contributed by atoms with Crippen molar-refractivity contribution in [1.29, 1.82) is 0 Å². The Labute approximate surface area is 178 Å². The van der Waals surface area contributed by atoms with E-state index in [0.29, 0.717) is 35.5 Å². The summed E-state index contributed by atoms with van der Waals surface area (Å²) in [5.74, 6) is 1.00. The Bertz CT molecular complexity index is 1290. The first-order valence-electron chi connectivity index (χ1n) is 10.4. The second kappa shape index (κ2) is 8.14. The van der Waals surface area contributed by atoms with E-state index in [2.05, 4.69) is 20.4 Å². The number of nitrogens with zero attached hydrogens (tertiary/aromatic N) is 5. The number of rotatable bonds is 7. The highest BCUT2D eigenvalue weighted by molar-refractivity contribution is 5.89. The van der Waals surface area contributed by atoms with Crippen LogP contribution in [0.1, 0.15) is 36.8 Å². The number of aromatic nitrogens is 5. The van der Waals surface area contributed by atoms with Gasteiger partial charge in [-0.1, -0.05) is 18.2 Å². The van der Waals surface area contributed by atoms with Gasteiger partial charge in [-0.15, -0.1) is 0 Å². The summed E-state index contributed by atoms with van der Waals surface area (Å²) < 4.78 is 3.50. The number of carbonyl (C=O) groups excluding carboxylic acids is 1. The third-order valence-corrected chi connectivity index (χ3v) is 5.33. The van der Waals surface area contributed by atoms with Gasteiger partial charge in [0, 0.05) is 37.3 Å². The molecule has 0 saturated heterocycles. The normalized spacial score (nSPS) is 13.4. The second-order valence-electron chi connectivity index (χ2n) is 7.72. The van der Waals surface area contributed by atoms with E-state index in [1.165, 1.54) is 0 Å². The number of pyridine rings is 1. The summed E-state index contributed by atoms with van der Waals surface area (Å²) in [7, 11) is 0. The van der Waals surface area contributed by atoms with Gasteiger partial charge in [0.15, 0.2) is 5.82 Å². The van der Waals surface area contributed by atoms with Gasteiger partial charge in [-0.25, -0.2) is 4.98 Å². The molecule has 1 aliphatic carbocycles. The minimum absolute atomic E-state index is 0.0169. The largest absolute Gasteiger partial charge is 0.309 e. The molecule has 0 aliphatic heterocycles. The maximum Gasteiger partial charge on any atom is 0.261 e. The van der Waals surface area contributed by atoms with Gasteiger partial charge in [-0.3, -0.25) is 23.8 Å². The zero-order valence-electron chi connectivity index (χ0n) is 16.9. The summed E-state index contributed by atoms with van der Waals surface area (Å²) in [5, 5.41) is 7.84. The quantitative estimate of drug-likeness (QED) is 0.502. The fourth-order valence-electron chi connectivity index (χ4n) is 3.68. The van der Waals surface area contributed by atoms with E-state index in [1.807, 2.05) is 36.4 Å². The van der Waals surface area contributed by atoms with Gasteiger partial charge in [0.1, 0.15) is 5.82 Å². The molecule has 5 rings (SSSR count). The average Bonchev–Trinajstić information content (AvgIpc) is 3.53. The zero-order chi connectivity index (χ0) is 21.2. The zero-order valence-corrected chi connectivity index (χ0v) is 16.9. The number of amides is 1. The molecule has 31 heavy (non-hydrogen) atoms. The first-order valence-corrected chi connectivity index (χ1v) is 10.4. The number of benzene rings is 1. The Morgan fingerprint density at radius 3 is 2.74 bits per heavy atom. The van der Waals surface area contributed by atoms with Crippen LogP contribution in [-0.4, -0.2) is 30.2 Å². The van der Waals surface area contributed by atoms with E-state index < -0.39 is 0 Å². The molecule has 0 radical (unpaired) electrons. The summed E-state index contributed by atoms with van der Waals surface area (Å²) in [6.07, 6.45) is 6.13. The minimum Gasteiger partial charge on any atom is -0.309 e. The van der Waals surface area contributed by atoms with Crippen molar-refractivity contribution in [2.45, 2.75) is 38.3 Å². The van der Waals surface area contributed by atoms with Gasteiger partial charge in [0.25, 0.3) is 5.56 Å². The Balaban J connectivity index is 1.26. The average molecular weight is 414 g/mol. The number of carbonyl (C=O) groups is 1. The second-order valence-corrected chi connectivity index (χ2v) is 7.72. The number of hydrogen-bond acceptors (Lipinski definition) is 5. The van der Waals surface area contributed by atoms with E-state index in [1.54, 1.807) is 33.8 Å². The van der Waals surface area contributed by atoms with Crippen LogP contribution in [-0.2, 0) is 17.8 Å². The molecule has 4 aromatic rings. The molecule has 3 heterocycles. The molecule has 1 fully saturated rings. The lowest BCUT2D eigenvalue weighted by Gasteiger charge is -2.12. The highest BCUT2D eigenvalue weighted by Gasteiger charge is 2.28. The van der Waals surface area contributed by atoms with Crippen molar-refractivity contribution < 1.29 is 4.79 Å². The molecule has 1 saturated carbocycles. The summed E-state index contributed by atoms with van der Waals surface area (Å²) in [5.41, 5.74) is 1.55. The van der Waals surface area contributed by atoms with Gasteiger partial charge in [-0.05, 0) is 37.1 Å². The number of fused-ring (bicyclic) bond motifs is 1. The van der Waals surface area contributed by atoms with Crippen molar-refractivity contribution in [3.8, 4) is 0 Å². The van der Waals surface area contributed by atoms with Crippen molar-refractivity contribution >= 4 is 22.6 Å². The number of para-hydroxylation sites is 1. The topological polar surface area (TPSA) is 94.7 Å². The molecular weight excluding hydrogens is 392 g/mol. The van der Waals surface area contributed by atoms with E-state index in [0.717, 1.165) is 18.5 Å². The van der Waals surface area contributed by atoms with Crippen LogP contribution in [0.5, 0.6) is 0 Å². The molecule has 0 spiro atoms. The van der Waals surface area contributed by atoms with Crippen LogP contribution in [0.4, 0.5) is 5.82 Å². The van der Waals surface area contributed by atoms with Gasteiger partial charge in [0.2, 0.25) is 5.91 Å². The Morgan fingerprint density at radius 1 is 1.10 bits per heavy atom. The molecule has 1 aromatic carbocycles. The summed E-state index contributed by atoms with van der Waals surface area (Å²) in [4.78, 5) is 34.4. The molecule has 0 bridgehead atoms. The molecule has 156 valence electrons. The molecule has 3 aromatic heterocycles. The van der Waals surface area contributed by atoms with E-state index in [4.69, 9.17) is 0 Å². The summed E-state index contributed by atoms with van der Waals surface area (Å²) in [6.45, 7) is 0.533. The molecule has 1 N–H and O–H groups in total. The number of nitrogens with one attached hydrogen (secondary N) is 1. The predicted molar refractivity (Wildman–Crippen MR) is 117 cm³/mol. The first kappa shape index (κ1) is 19.2. The minimum atomic E-state index is -0.159. The number of anilines is 1. The third kappa shape index (κ3) is 4.23. The maximum atomic E-state index is 12.9. The first-order chi connectivity index (χ1) is 15.2. The van der Waals surface area contributed by atoms with Crippen LogP contribution < -0.4 is 10.9 Å². The van der Waals surface area contributed by atoms with Gasteiger partial charge < -0.3 is 5.32 Å². The molecule has 0 unspecified atom stereocenters. The molecule has 1 amide bonds. The number of aryl methyl sites for hydroxylation is 1. The number of hydrogen-bond donors (Lipinski definition) is 1. The van der Waals surface area contributed by atoms with Crippen molar-refractivity contribution in [2.24, 2.45) is 0 Å². The lowest BCUT2D eigenvalue weighted by Crippen LogP contribution is -2.25. The predicted octanol–water partition coefficient (Wildman–Crippen LogP) is 2.94. The van der Waals surface area contributed by atoms with Crippen LogP contribution in [0, 0.1) is 0 Å². The van der Waals surface area contributed by atoms with E-state index in [9.17, 15) is 9.59 Å². The Kier molecular flexibility index (Phi) is 5.03. The summed E-state index contributed by atoms with van der Waals surface area (Å²) in [6, 6.07) is 15.0. The lowest BCUT2D eigenvalue weighted by molar-refractivity contribution is -0.116. The van der Waals surface area contributed by atoms with Gasteiger partial charge >= 0.3 is 0 Å². The van der Waals surface area contributed by atoms with E-state index in [-0.39, 0.29) is 23.9 Å². The SMILES string of the molecule is O=C(CCc1nc2ccccc2c(=O)n1C1CC1)Nc1ccn(Cc2ccccn2)n1. The Hall–Kier alpha value is -3.81. The van der Waals surface area contributed by atoms with E-state index >= 15 is 0 Å². The van der Waals surface area contributed by atoms with Gasteiger partial charge in [0.05, 0.1) is 23.1 Å². The molecule has 8 nitrogen and oxygen atoms in total. The van der Waals surface area contributed by atoms with Crippen molar-refractivity contribution in [3.63, 3.8) is 0 Å². The fraction of sp³-hybridized carbons (Fsp3) is 0.261. The molecule has 1 aliphatic rings. The smallest absolute Gasteiger partial charge is 0.261 e. The third-order valence-electron chi connectivity index (χ3n) is 5.33.